The molecule has 74 valence electrons. The molecule has 0 aliphatic carbocycles. The molecule has 1 aromatic carbocycles. The molecule has 0 saturated carbocycles. The predicted octanol–water partition coefficient (Wildman–Crippen LogP) is 2.16. The van der Waals surface area contributed by atoms with Crippen molar-refractivity contribution in [1.82, 2.24) is 0 Å². The lowest BCUT2D eigenvalue weighted by atomic mass is 10.1. The lowest BCUT2D eigenvalue weighted by Gasteiger charge is -2.07. The van der Waals surface area contributed by atoms with Crippen molar-refractivity contribution < 1.29 is 9.59 Å². The zero-order valence-corrected chi connectivity index (χ0v) is 8.55. The average Bonchev–Trinajstić information content (AvgIpc) is 2.01. The quantitative estimate of drug-likeness (QED) is 0.728. The summed E-state index contributed by atoms with van der Waals surface area (Å²) in [4.78, 5) is 22.1. The van der Waals surface area contributed by atoms with Gasteiger partial charge in [-0.1, -0.05) is 6.07 Å². The van der Waals surface area contributed by atoms with Gasteiger partial charge in [0.1, 0.15) is 0 Å². The summed E-state index contributed by atoms with van der Waals surface area (Å²) >= 11 is 0. The van der Waals surface area contributed by atoms with E-state index in [-0.39, 0.29) is 11.7 Å². The average molecular weight is 191 g/mol. The van der Waals surface area contributed by atoms with Crippen LogP contribution in [0.5, 0.6) is 0 Å². The Kier molecular flexibility index (Phi) is 3.02. The number of amides is 1. The van der Waals surface area contributed by atoms with Crippen molar-refractivity contribution >= 4 is 17.4 Å². The number of hydrogen-bond donors (Lipinski definition) is 1. The number of carbonyl (C=O) groups excluding carboxylic acids is 2. The van der Waals surface area contributed by atoms with Gasteiger partial charge in [-0.3, -0.25) is 9.59 Å². The van der Waals surface area contributed by atoms with Crippen molar-refractivity contribution in [2.24, 2.45) is 0 Å². The van der Waals surface area contributed by atoms with Crippen LogP contribution in [-0.2, 0) is 4.79 Å². The molecule has 0 aliphatic rings. The number of rotatable bonds is 2. The van der Waals surface area contributed by atoms with Crippen molar-refractivity contribution in [1.29, 1.82) is 0 Å². The molecule has 0 heterocycles. The zero-order valence-electron chi connectivity index (χ0n) is 8.55. The van der Waals surface area contributed by atoms with E-state index in [1.165, 1.54) is 13.8 Å². The largest absolute Gasteiger partial charge is 0.326 e. The molecular formula is C11H13NO2. The highest BCUT2D eigenvalue weighted by Crippen LogP contribution is 2.17. The molecule has 0 aliphatic heterocycles. The Morgan fingerprint density at radius 3 is 2.36 bits per heavy atom. The Hall–Kier alpha value is -1.64. The molecule has 1 amide bonds. The third-order valence-electron chi connectivity index (χ3n) is 1.87. The molecule has 0 fully saturated rings. The van der Waals surface area contributed by atoms with Gasteiger partial charge in [-0.2, -0.15) is 0 Å². The van der Waals surface area contributed by atoms with E-state index in [1.54, 1.807) is 12.1 Å². The van der Waals surface area contributed by atoms with Crippen LogP contribution in [0.4, 0.5) is 5.69 Å². The minimum atomic E-state index is -0.168. The highest BCUT2D eigenvalue weighted by Gasteiger charge is 2.07. The van der Waals surface area contributed by atoms with Crippen molar-refractivity contribution in [2.45, 2.75) is 20.8 Å². The summed E-state index contributed by atoms with van der Waals surface area (Å²) in [6, 6.07) is 5.36. The Balaban J connectivity index is 3.15. The maximum absolute atomic E-state index is 11.2. The Bertz CT molecular complexity index is 383. The van der Waals surface area contributed by atoms with Gasteiger partial charge < -0.3 is 5.32 Å². The molecule has 1 rings (SSSR count). The summed E-state index contributed by atoms with van der Waals surface area (Å²) in [7, 11) is 0. The summed E-state index contributed by atoms with van der Waals surface area (Å²) in [5.74, 6) is -0.216. The standard InChI is InChI=1S/C11H13NO2/c1-7-4-5-10(8(2)13)11(6-7)12-9(3)14/h4-6H,1-3H3,(H,12,14). The second-order valence-corrected chi connectivity index (χ2v) is 3.29. The molecule has 3 heteroatoms. The fourth-order valence-electron chi connectivity index (χ4n) is 1.26. The van der Waals surface area contributed by atoms with E-state index >= 15 is 0 Å². The van der Waals surface area contributed by atoms with Gasteiger partial charge in [-0.05, 0) is 31.5 Å². The van der Waals surface area contributed by atoms with Gasteiger partial charge in [-0.25, -0.2) is 0 Å². The third-order valence-corrected chi connectivity index (χ3v) is 1.87. The third kappa shape index (κ3) is 2.42. The molecule has 14 heavy (non-hydrogen) atoms. The highest BCUT2D eigenvalue weighted by molar-refractivity contribution is 6.03. The fraction of sp³-hybridized carbons (Fsp3) is 0.273. The first kappa shape index (κ1) is 10.4. The molecule has 1 aromatic rings. The van der Waals surface area contributed by atoms with E-state index in [0.29, 0.717) is 11.3 Å². The van der Waals surface area contributed by atoms with E-state index in [0.717, 1.165) is 5.56 Å². The molecule has 0 spiro atoms. The first-order valence-corrected chi connectivity index (χ1v) is 4.40. The lowest BCUT2D eigenvalue weighted by Crippen LogP contribution is -2.10. The van der Waals surface area contributed by atoms with Gasteiger partial charge in [0, 0.05) is 12.5 Å². The number of anilines is 1. The summed E-state index contributed by atoms with van der Waals surface area (Å²) in [6.07, 6.45) is 0. The van der Waals surface area contributed by atoms with Crippen LogP contribution in [0, 0.1) is 6.92 Å². The van der Waals surface area contributed by atoms with Crippen LogP contribution in [0.1, 0.15) is 29.8 Å². The number of Topliss-reactive ketones (excluding diaryl/α,β-unsaturated/α-hetero) is 1. The summed E-state index contributed by atoms with van der Waals surface area (Å²) < 4.78 is 0. The summed E-state index contributed by atoms with van der Waals surface area (Å²) in [6.45, 7) is 4.82. The Morgan fingerprint density at radius 1 is 1.21 bits per heavy atom. The van der Waals surface area contributed by atoms with E-state index in [1.807, 2.05) is 13.0 Å². The van der Waals surface area contributed by atoms with E-state index in [2.05, 4.69) is 5.32 Å². The second kappa shape index (κ2) is 4.05. The van der Waals surface area contributed by atoms with Crippen molar-refractivity contribution in [3.8, 4) is 0 Å². The van der Waals surface area contributed by atoms with Crippen molar-refractivity contribution in [2.75, 3.05) is 5.32 Å². The van der Waals surface area contributed by atoms with Crippen LogP contribution < -0.4 is 5.32 Å². The predicted molar refractivity (Wildman–Crippen MR) is 55.5 cm³/mol. The molecule has 0 aromatic heterocycles. The van der Waals surface area contributed by atoms with E-state index in [4.69, 9.17) is 0 Å². The van der Waals surface area contributed by atoms with Gasteiger partial charge in [-0.15, -0.1) is 0 Å². The lowest BCUT2D eigenvalue weighted by molar-refractivity contribution is -0.114. The van der Waals surface area contributed by atoms with Crippen LogP contribution >= 0.6 is 0 Å². The van der Waals surface area contributed by atoms with Crippen LogP contribution in [0.15, 0.2) is 18.2 Å². The number of ketones is 1. The maximum Gasteiger partial charge on any atom is 0.221 e. The highest BCUT2D eigenvalue weighted by atomic mass is 16.1. The number of carbonyl (C=O) groups is 2. The zero-order chi connectivity index (χ0) is 10.7. The molecule has 0 saturated heterocycles. The number of benzene rings is 1. The molecule has 0 radical (unpaired) electrons. The van der Waals surface area contributed by atoms with E-state index < -0.39 is 0 Å². The first-order valence-electron chi connectivity index (χ1n) is 4.40. The molecule has 3 nitrogen and oxygen atoms in total. The van der Waals surface area contributed by atoms with Gasteiger partial charge in [0.2, 0.25) is 5.91 Å². The molecule has 0 bridgehead atoms. The van der Waals surface area contributed by atoms with Gasteiger partial charge in [0.25, 0.3) is 0 Å². The van der Waals surface area contributed by atoms with Crippen LogP contribution in [-0.4, -0.2) is 11.7 Å². The van der Waals surface area contributed by atoms with Crippen LogP contribution in [0.2, 0.25) is 0 Å². The summed E-state index contributed by atoms with van der Waals surface area (Å²) in [5, 5.41) is 2.64. The Labute approximate surface area is 83.1 Å². The number of nitrogens with one attached hydrogen (secondary N) is 1. The summed E-state index contributed by atoms with van der Waals surface area (Å²) in [5.41, 5.74) is 2.15. The minimum absolute atomic E-state index is 0.0475. The van der Waals surface area contributed by atoms with Gasteiger partial charge >= 0.3 is 0 Å². The number of hydrogen-bond acceptors (Lipinski definition) is 2. The minimum Gasteiger partial charge on any atom is -0.326 e. The monoisotopic (exact) mass is 191 g/mol. The molecule has 0 atom stereocenters. The molecular weight excluding hydrogens is 178 g/mol. The molecule has 1 N–H and O–H groups in total. The Morgan fingerprint density at radius 2 is 1.86 bits per heavy atom. The smallest absolute Gasteiger partial charge is 0.221 e. The van der Waals surface area contributed by atoms with Gasteiger partial charge in [0.05, 0.1) is 5.69 Å². The normalized spacial score (nSPS) is 9.64. The van der Waals surface area contributed by atoms with Crippen molar-refractivity contribution in [3.63, 3.8) is 0 Å². The van der Waals surface area contributed by atoms with Crippen LogP contribution in [0.25, 0.3) is 0 Å². The van der Waals surface area contributed by atoms with E-state index in [9.17, 15) is 9.59 Å². The van der Waals surface area contributed by atoms with Gasteiger partial charge in [0.15, 0.2) is 5.78 Å². The fourth-order valence-corrected chi connectivity index (χ4v) is 1.26. The second-order valence-electron chi connectivity index (χ2n) is 3.29. The number of aryl methyl sites for hydroxylation is 1. The first-order chi connectivity index (χ1) is 6.50. The topological polar surface area (TPSA) is 46.2 Å². The maximum atomic E-state index is 11.2. The van der Waals surface area contributed by atoms with Crippen molar-refractivity contribution in [3.05, 3.63) is 29.3 Å². The van der Waals surface area contributed by atoms with Crippen LogP contribution in [0.3, 0.4) is 0 Å². The SMILES string of the molecule is CC(=O)Nc1cc(C)ccc1C(C)=O. The molecule has 0 unspecified atom stereocenters.